The molecule has 2 N–H and O–H groups in total. The fraction of sp³-hybridized carbons (Fsp3) is 0.529. The highest BCUT2D eigenvalue weighted by Gasteiger charge is 2.30. The molecule has 0 fully saturated rings. The van der Waals surface area contributed by atoms with Gasteiger partial charge < -0.3 is 10.4 Å². The minimum Gasteiger partial charge on any atom is -0.480 e. The van der Waals surface area contributed by atoms with Gasteiger partial charge >= 0.3 is 5.97 Å². The molecule has 2 atom stereocenters. The molecule has 0 saturated carbocycles. The summed E-state index contributed by atoms with van der Waals surface area (Å²) in [5.74, 6) is -0.150. The zero-order valence-corrected chi connectivity index (χ0v) is 13.2. The van der Waals surface area contributed by atoms with Crippen LogP contribution >= 0.6 is 0 Å². The summed E-state index contributed by atoms with van der Waals surface area (Å²) in [7, 11) is 0. The first-order valence-electron chi connectivity index (χ1n) is 7.51. The van der Waals surface area contributed by atoms with E-state index < -0.39 is 12.0 Å². The van der Waals surface area contributed by atoms with Crippen LogP contribution in [0.2, 0.25) is 0 Å². The molecule has 1 heterocycles. The molecular weight excluding hydrogens is 264 g/mol. The van der Waals surface area contributed by atoms with Gasteiger partial charge in [-0.25, -0.2) is 4.79 Å². The standard InChI is InChI=1S/C17H24N2O2/c1-5-11(2)14(16(20)21)18-15-13-9-7-6-8-12(13)10-17(3,4)19-15/h6-9,11,14H,5,10H2,1-4H3,(H,18,19)(H,20,21)/t11-,14-/m0/s1. The molecule has 0 aliphatic carbocycles. The van der Waals surface area contributed by atoms with Crippen molar-refractivity contribution in [1.29, 1.82) is 0 Å². The second kappa shape index (κ2) is 5.88. The number of nitrogens with zero attached hydrogens (tertiary/aromatic N) is 1. The van der Waals surface area contributed by atoms with Crippen molar-refractivity contribution in [3.8, 4) is 0 Å². The van der Waals surface area contributed by atoms with Crippen LogP contribution in [0.25, 0.3) is 0 Å². The maximum atomic E-state index is 11.5. The number of fused-ring (bicyclic) bond motifs is 1. The molecule has 0 radical (unpaired) electrons. The van der Waals surface area contributed by atoms with Crippen molar-refractivity contribution in [3.63, 3.8) is 0 Å². The van der Waals surface area contributed by atoms with Gasteiger partial charge in [-0.2, -0.15) is 0 Å². The maximum Gasteiger partial charge on any atom is 0.328 e. The van der Waals surface area contributed by atoms with Crippen molar-refractivity contribution in [1.82, 2.24) is 5.32 Å². The molecule has 0 unspecified atom stereocenters. The van der Waals surface area contributed by atoms with Crippen LogP contribution in [0, 0.1) is 5.92 Å². The Bertz CT molecular complexity index is 564. The van der Waals surface area contributed by atoms with Gasteiger partial charge in [-0.1, -0.05) is 44.5 Å². The Morgan fingerprint density at radius 1 is 1.43 bits per heavy atom. The molecule has 1 aliphatic rings. The van der Waals surface area contributed by atoms with Gasteiger partial charge in [0, 0.05) is 11.1 Å². The summed E-state index contributed by atoms with van der Waals surface area (Å²) in [6.45, 7) is 8.14. The lowest BCUT2D eigenvalue weighted by molar-refractivity contribution is -0.139. The van der Waals surface area contributed by atoms with Gasteiger partial charge in [-0.05, 0) is 31.7 Å². The summed E-state index contributed by atoms with van der Waals surface area (Å²) in [6, 6.07) is 7.37. The lowest BCUT2D eigenvalue weighted by atomic mass is 9.87. The smallest absolute Gasteiger partial charge is 0.328 e. The molecule has 0 aromatic heterocycles. The van der Waals surface area contributed by atoms with Gasteiger partial charge in [0.15, 0.2) is 6.04 Å². The predicted molar refractivity (Wildman–Crippen MR) is 84.8 cm³/mol. The van der Waals surface area contributed by atoms with Crippen molar-refractivity contribution >= 4 is 11.8 Å². The van der Waals surface area contributed by atoms with E-state index in [1.54, 1.807) is 0 Å². The molecule has 1 aromatic carbocycles. The van der Waals surface area contributed by atoms with Crippen LogP contribution in [0.15, 0.2) is 29.3 Å². The lowest BCUT2D eigenvalue weighted by Crippen LogP contribution is -2.50. The number of rotatable bonds is 4. The first-order chi connectivity index (χ1) is 9.84. The molecule has 114 valence electrons. The third-order valence-corrected chi connectivity index (χ3v) is 4.07. The van der Waals surface area contributed by atoms with E-state index in [4.69, 9.17) is 0 Å². The number of hydrogen-bond donors (Lipinski definition) is 2. The Balaban J connectivity index is 2.46. The second-order valence-corrected chi connectivity index (χ2v) is 6.49. The van der Waals surface area contributed by atoms with E-state index in [2.05, 4.69) is 30.2 Å². The highest BCUT2D eigenvalue weighted by Crippen LogP contribution is 2.24. The van der Waals surface area contributed by atoms with Gasteiger partial charge in [-0.3, -0.25) is 4.99 Å². The third kappa shape index (κ3) is 3.43. The van der Waals surface area contributed by atoms with E-state index in [1.165, 1.54) is 5.56 Å². The summed E-state index contributed by atoms with van der Waals surface area (Å²) >= 11 is 0. The fourth-order valence-electron chi connectivity index (χ4n) is 2.70. The Morgan fingerprint density at radius 3 is 2.71 bits per heavy atom. The average molecular weight is 288 g/mol. The van der Waals surface area contributed by atoms with E-state index >= 15 is 0 Å². The molecule has 2 rings (SSSR count). The first-order valence-corrected chi connectivity index (χ1v) is 7.51. The maximum absolute atomic E-state index is 11.5. The van der Waals surface area contributed by atoms with Gasteiger partial charge in [0.2, 0.25) is 0 Å². The predicted octanol–water partition coefficient (Wildman–Crippen LogP) is 2.86. The minimum atomic E-state index is -0.862. The van der Waals surface area contributed by atoms with E-state index in [0.717, 1.165) is 18.4 Å². The van der Waals surface area contributed by atoms with E-state index in [1.807, 2.05) is 32.0 Å². The van der Waals surface area contributed by atoms with Crippen molar-refractivity contribution in [3.05, 3.63) is 35.4 Å². The van der Waals surface area contributed by atoms with Crippen LogP contribution in [0.5, 0.6) is 0 Å². The summed E-state index contributed by atoms with van der Waals surface area (Å²) in [5.41, 5.74) is 2.12. The highest BCUT2D eigenvalue weighted by atomic mass is 16.4. The summed E-state index contributed by atoms with van der Waals surface area (Å²) in [6.07, 6.45) is 1.70. The van der Waals surface area contributed by atoms with Gasteiger partial charge in [-0.15, -0.1) is 0 Å². The number of aliphatic carboxylic acids is 1. The third-order valence-electron chi connectivity index (χ3n) is 4.07. The summed E-state index contributed by atoms with van der Waals surface area (Å²) < 4.78 is 0. The number of hydrogen-bond acceptors (Lipinski definition) is 2. The molecule has 1 aromatic rings. The molecular formula is C17H24N2O2. The van der Waals surface area contributed by atoms with Crippen molar-refractivity contribution in [2.75, 3.05) is 0 Å². The topological polar surface area (TPSA) is 61.7 Å². The molecule has 0 bridgehead atoms. The normalized spacial score (nSPS) is 21.2. The Labute approximate surface area is 126 Å². The number of carboxylic acid groups (broad SMARTS) is 1. The monoisotopic (exact) mass is 288 g/mol. The van der Waals surface area contributed by atoms with Crippen molar-refractivity contribution < 1.29 is 9.90 Å². The average Bonchev–Trinajstić information content (AvgIpc) is 2.42. The number of benzene rings is 1. The fourth-order valence-corrected chi connectivity index (χ4v) is 2.70. The van der Waals surface area contributed by atoms with Crippen LogP contribution < -0.4 is 5.32 Å². The number of carbonyl (C=O) groups is 1. The molecule has 1 aliphatic heterocycles. The zero-order chi connectivity index (χ0) is 15.6. The van der Waals surface area contributed by atoms with E-state index in [0.29, 0.717) is 5.84 Å². The Morgan fingerprint density at radius 2 is 2.10 bits per heavy atom. The summed E-state index contributed by atoms with van der Waals surface area (Å²) in [5, 5.41) is 12.8. The van der Waals surface area contributed by atoms with Crippen LogP contribution in [0.1, 0.15) is 45.2 Å². The molecule has 21 heavy (non-hydrogen) atoms. The lowest BCUT2D eigenvalue weighted by Gasteiger charge is -2.35. The molecule has 0 spiro atoms. The van der Waals surface area contributed by atoms with Gasteiger partial charge in [0.25, 0.3) is 0 Å². The molecule has 0 saturated heterocycles. The number of aliphatic imine (C=N–C) groups is 1. The Hall–Kier alpha value is -1.84. The van der Waals surface area contributed by atoms with Crippen LogP contribution in [-0.2, 0) is 11.2 Å². The van der Waals surface area contributed by atoms with Crippen molar-refractivity contribution in [2.24, 2.45) is 10.9 Å². The number of nitrogens with one attached hydrogen (secondary N) is 1. The minimum absolute atomic E-state index is 0.00833. The molecule has 0 amide bonds. The van der Waals surface area contributed by atoms with Gasteiger partial charge in [0.05, 0.1) is 0 Å². The van der Waals surface area contributed by atoms with E-state index in [-0.39, 0.29) is 11.5 Å². The molecule has 4 nitrogen and oxygen atoms in total. The molecule has 4 heteroatoms. The van der Waals surface area contributed by atoms with Crippen molar-refractivity contribution in [2.45, 2.75) is 52.1 Å². The quantitative estimate of drug-likeness (QED) is 0.895. The van der Waals surface area contributed by atoms with Crippen LogP contribution in [0.4, 0.5) is 0 Å². The SMILES string of the molecule is CC[C@H](C)[C@H](N=C1NC(C)(C)Cc2ccccc21)C(=O)O. The van der Waals surface area contributed by atoms with Crippen LogP contribution in [0.3, 0.4) is 0 Å². The van der Waals surface area contributed by atoms with Gasteiger partial charge in [0.1, 0.15) is 5.84 Å². The Kier molecular flexibility index (Phi) is 4.35. The van der Waals surface area contributed by atoms with Crippen LogP contribution in [-0.4, -0.2) is 28.5 Å². The zero-order valence-electron chi connectivity index (χ0n) is 13.2. The number of carboxylic acids is 1. The number of amidine groups is 1. The first kappa shape index (κ1) is 15.5. The summed E-state index contributed by atoms with van der Waals surface area (Å²) in [4.78, 5) is 16.1. The second-order valence-electron chi connectivity index (χ2n) is 6.49. The highest BCUT2D eigenvalue weighted by molar-refractivity contribution is 6.02. The van der Waals surface area contributed by atoms with E-state index in [9.17, 15) is 9.90 Å². The largest absolute Gasteiger partial charge is 0.480 e.